The van der Waals surface area contributed by atoms with Crippen molar-refractivity contribution in [3.05, 3.63) is 50.9 Å². The van der Waals surface area contributed by atoms with Crippen molar-refractivity contribution in [2.24, 2.45) is 0 Å². The van der Waals surface area contributed by atoms with Gasteiger partial charge in [0.25, 0.3) is 5.56 Å². The predicted molar refractivity (Wildman–Crippen MR) is 60.3 cm³/mol. The van der Waals surface area contributed by atoms with Crippen molar-refractivity contribution >= 4 is 23.2 Å². The molecular weight excluding hydrogens is 235 g/mol. The fraction of sp³-hybridized carbons (Fsp3) is 0. The molecule has 0 aliphatic rings. The zero-order valence-electron chi connectivity index (χ0n) is 7.50. The predicted octanol–water partition coefficient (Wildman–Crippen LogP) is 2.74. The van der Waals surface area contributed by atoms with Gasteiger partial charge in [-0.05, 0) is 12.1 Å². The summed E-state index contributed by atoms with van der Waals surface area (Å²) in [6.45, 7) is 0. The Balaban J connectivity index is 2.69. The van der Waals surface area contributed by atoms with Crippen LogP contribution in [-0.4, -0.2) is 9.97 Å². The molecule has 76 valence electrons. The van der Waals surface area contributed by atoms with Crippen LogP contribution in [0, 0.1) is 0 Å². The van der Waals surface area contributed by atoms with Crippen LogP contribution in [0.15, 0.2) is 35.3 Å². The van der Waals surface area contributed by atoms with E-state index in [0.717, 1.165) is 0 Å². The van der Waals surface area contributed by atoms with Crippen molar-refractivity contribution in [1.29, 1.82) is 0 Å². The highest BCUT2D eigenvalue weighted by Crippen LogP contribution is 2.31. The van der Waals surface area contributed by atoms with E-state index in [-0.39, 0.29) is 5.56 Å². The second kappa shape index (κ2) is 4.04. The average Bonchev–Trinajstić information content (AvgIpc) is 2.17. The van der Waals surface area contributed by atoms with Gasteiger partial charge in [0.05, 0.1) is 15.6 Å². The zero-order valence-corrected chi connectivity index (χ0v) is 9.01. The topological polar surface area (TPSA) is 45.8 Å². The highest BCUT2D eigenvalue weighted by Gasteiger charge is 2.09. The van der Waals surface area contributed by atoms with Crippen LogP contribution >= 0.6 is 23.2 Å². The van der Waals surface area contributed by atoms with Gasteiger partial charge in [0, 0.05) is 12.3 Å². The average molecular weight is 241 g/mol. The molecule has 0 saturated heterocycles. The Labute approximate surface area is 95.7 Å². The van der Waals surface area contributed by atoms with Crippen LogP contribution in [0.5, 0.6) is 0 Å². The second-order valence-corrected chi connectivity index (χ2v) is 3.69. The van der Waals surface area contributed by atoms with Crippen molar-refractivity contribution in [3.63, 3.8) is 0 Å². The van der Waals surface area contributed by atoms with Crippen molar-refractivity contribution in [3.8, 4) is 11.4 Å². The van der Waals surface area contributed by atoms with E-state index >= 15 is 0 Å². The smallest absolute Gasteiger partial charge is 0.251 e. The van der Waals surface area contributed by atoms with E-state index in [4.69, 9.17) is 23.2 Å². The van der Waals surface area contributed by atoms with Crippen LogP contribution in [-0.2, 0) is 0 Å². The second-order valence-electron chi connectivity index (χ2n) is 2.88. The van der Waals surface area contributed by atoms with Crippen LogP contribution in [0.4, 0.5) is 0 Å². The quantitative estimate of drug-likeness (QED) is 0.834. The third kappa shape index (κ3) is 2.03. The monoisotopic (exact) mass is 240 g/mol. The molecule has 0 fully saturated rings. The summed E-state index contributed by atoms with van der Waals surface area (Å²) < 4.78 is 0. The fourth-order valence-electron chi connectivity index (χ4n) is 1.22. The molecule has 2 aromatic rings. The first-order valence-corrected chi connectivity index (χ1v) is 4.94. The largest absolute Gasteiger partial charge is 0.306 e. The van der Waals surface area contributed by atoms with Gasteiger partial charge >= 0.3 is 0 Å². The van der Waals surface area contributed by atoms with E-state index in [9.17, 15) is 4.79 Å². The molecule has 3 nitrogen and oxygen atoms in total. The minimum absolute atomic E-state index is 0.240. The van der Waals surface area contributed by atoms with E-state index in [1.165, 1.54) is 12.3 Å². The number of hydrogen-bond donors (Lipinski definition) is 1. The van der Waals surface area contributed by atoms with Crippen LogP contribution in [0.3, 0.4) is 0 Å². The van der Waals surface area contributed by atoms with Crippen LogP contribution in [0.1, 0.15) is 0 Å². The standard InChI is InChI=1S/C10H6Cl2N2O/c11-6-2-1-3-7(12)9(6)10-13-5-4-8(15)14-10/h1-5H,(H,13,14,15). The van der Waals surface area contributed by atoms with Gasteiger partial charge in [0.15, 0.2) is 0 Å². The lowest BCUT2D eigenvalue weighted by molar-refractivity contribution is 1.13. The van der Waals surface area contributed by atoms with E-state index in [2.05, 4.69) is 9.97 Å². The van der Waals surface area contributed by atoms with E-state index in [1.807, 2.05) is 0 Å². The van der Waals surface area contributed by atoms with Gasteiger partial charge in [-0.15, -0.1) is 0 Å². The van der Waals surface area contributed by atoms with Crippen LogP contribution in [0.25, 0.3) is 11.4 Å². The Morgan fingerprint density at radius 2 is 1.80 bits per heavy atom. The van der Waals surface area contributed by atoms with Crippen molar-refractivity contribution in [1.82, 2.24) is 9.97 Å². The number of nitrogens with one attached hydrogen (secondary N) is 1. The first-order valence-electron chi connectivity index (χ1n) is 4.18. The summed E-state index contributed by atoms with van der Waals surface area (Å²) in [4.78, 5) is 17.7. The van der Waals surface area contributed by atoms with Gasteiger partial charge in [-0.2, -0.15) is 0 Å². The number of nitrogens with zero attached hydrogens (tertiary/aromatic N) is 1. The number of H-pyrrole nitrogens is 1. The summed E-state index contributed by atoms with van der Waals surface area (Å²) >= 11 is 11.9. The van der Waals surface area contributed by atoms with Crippen molar-refractivity contribution in [2.75, 3.05) is 0 Å². The lowest BCUT2D eigenvalue weighted by Gasteiger charge is -2.04. The summed E-state index contributed by atoms with van der Waals surface area (Å²) in [5.74, 6) is 0.373. The molecule has 0 aliphatic carbocycles. The maximum Gasteiger partial charge on any atom is 0.251 e. The van der Waals surface area contributed by atoms with Crippen LogP contribution in [0.2, 0.25) is 10.0 Å². The van der Waals surface area contributed by atoms with Gasteiger partial charge < -0.3 is 4.98 Å². The van der Waals surface area contributed by atoms with Gasteiger partial charge in [-0.3, -0.25) is 4.79 Å². The number of halogens is 2. The van der Waals surface area contributed by atoms with E-state index in [1.54, 1.807) is 18.2 Å². The van der Waals surface area contributed by atoms with Gasteiger partial charge in [-0.1, -0.05) is 29.3 Å². The number of aromatic nitrogens is 2. The SMILES string of the molecule is O=c1ccnc(-c2c(Cl)cccc2Cl)[nH]1. The molecule has 1 N–H and O–H groups in total. The summed E-state index contributed by atoms with van der Waals surface area (Å²) in [7, 11) is 0. The normalized spacial score (nSPS) is 10.3. The summed E-state index contributed by atoms with van der Waals surface area (Å²) in [6, 6.07) is 6.44. The lowest BCUT2D eigenvalue weighted by atomic mass is 10.2. The first kappa shape index (κ1) is 10.2. The molecule has 1 aromatic carbocycles. The van der Waals surface area contributed by atoms with Crippen molar-refractivity contribution in [2.45, 2.75) is 0 Å². The first-order chi connectivity index (χ1) is 7.18. The number of hydrogen-bond acceptors (Lipinski definition) is 2. The Morgan fingerprint density at radius 1 is 1.13 bits per heavy atom. The highest BCUT2D eigenvalue weighted by atomic mass is 35.5. The maximum absolute atomic E-state index is 11.1. The molecule has 15 heavy (non-hydrogen) atoms. The molecule has 5 heteroatoms. The third-order valence-electron chi connectivity index (χ3n) is 1.87. The Morgan fingerprint density at radius 3 is 2.40 bits per heavy atom. The molecule has 1 aromatic heterocycles. The van der Waals surface area contributed by atoms with Gasteiger partial charge in [-0.25, -0.2) is 4.98 Å². The number of aromatic amines is 1. The van der Waals surface area contributed by atoms with E-state index in [0.29, 0.717) is 21.4 Å². The molecule has 0 unspecified atom stereocenters. The minimum atomic E-state index is -0.240. The Bertz CT molecular complexity index is 531. The summed E-state index contributed by atoms with van der Waals surface area (Å²) in [5.41, 5.74) is 0.300. The van der Waals surface area contributed by atoms with Gasteiger partial charge in [0.1, 0.15) is 5.82 Å². The number of benzene rings is 1. The summed E-state index contributed by atoms with van der Waals surface area (Å²) in [6.07, 6.45) is 1.41. The van der Waals surface area contributed by atoms with E-state index < -0.39 is 0 Å². The van der Waals surface area contributed by atoms with Crippen LogP contribution < -0.4 is 5.56 Å². The molecule has 0 spiro atoms. The Hall–Kier alpha value is -1.32. The molecular formula is C10H6Cl2N2O. The van der Waals surface area contributed by atoms with Gasteiger partial charge in [0.2, 0.25) is 0 Å². The lowest BCUT2D eigenvalue weighted by Crippen LogP contribution is -2.06. The molecule has 0 aliphatic heterocycles. The summed E-state index contributed by atoms with van der Waals surface area (Å²) in [5, 5.41) is 0.911. The molecule has 0 saturated carbocycles. The fourth-order valence-corrected chi connectivity index (χ4v) is 1.80. The molecule has 0 bridgehead atoms. The number of rotatable bonds is 1. The zero-order chi connectivity index (χ0) is 10.8. The molecule has 2 rings (SSSR count). The maximum atomic E-state index is 11.1. The third-order valence-corrected chi connectivity index (χ3v) is 2.50. The minimum Gasteiger partial charge on any atom is -0.306 e. The highest BCUT2D eigenvalue weighted by molar-refractivity contribution is 6.38. The van der Waals surface area contributed by atoms with Crippen molar-refractivity contribution < 1.29 is 0 Å². The Kier molecular flexibility index (Phi) is 2.75. The molecule has 0 atom stereocenters. The molecule has 1 heterocycles. The molecule has 0 radical (unpaired) electrons. The molecule has 0 amide bonds.